The zero-order valence-corrected chi connectivity index (χ0v) is 13.0. The Morgan fingerprint density at radius 3 is 2.74 bits per heavy atom. The number of carbonyl (C=O) groups excluding carboxylic acids is 1. The van der Waals surface area contributed by atoms with Crippen molar-refractivity contribution in [1.29, 1.82) is 0 Å². The van der Waals surface area contributed by atoms with E-state index >= 15 is 0 Å². The Labute approximate surface area is 135 Å². The van der Waals surface area contributed by atoms with Crippen LogP contribution in [0.5, 0.6) is 0 Å². The van der Waals surface area contributed by atoms with Crippen molar-refractivity contribution in [1.82, 2.24) is 9.55 Å². The number of fused-ring (bicyclic) bond motifs is 1. The van der Waals surface area contributed by atoms with E-state index in [4.69, 9.17) is 11.6 Å². The molecule has 2 aromatic rings. The van der Waals surface area contributed by atoms with Crippen LogP contribution in [0.1, 0.15) is 34.6 Å². The summed E-state index contributed by atoms with van der Waals surface area (Å²) in [6.07, 6.45) is 2.55. The zero-order chi connectivity index (χ0) is 16.9. The number of nitrogens with zero attached hydrogens (tertiary/aromatic N) is 3. The Morgan fingerprint density at radius 2 is 2.17 bits per heavy atom. The standard InChI is InChI=1S/C15H11ClFN3O3/c1-7-8(5-11-18-6-12(19(11)2)20(22)23)15(21)14-9(16)3-4-10(17)13(7)14/h3-7H,1-2H3. The highest BCUT2D eigenvalue weighted by molar-refractivity contribution is 6.36. The van der Waals surface area contributed by atoms with E-state index in [1.54, 1.807) is 6.92 Å². The first-order valence-electron chi connectivity index (χ1n) is 6.73. The monoisotopic (exact) mass is 335 g/mol. The van der Waals surface area contributed by atoms with Gasteiger partial charge < -0.3 is 10.1 Å². The summed E-state index contributed by atoms with van der Waals surface area (Å²) in [5.41, 5.74) is 0.696. The van der Waals surface area contributed by atoms with Gasteiger partial charge in [-0.1, -0.05) is 18.5 Å². The fourth-order valence-electron chi connectivity index (χ4n) is 2.77. The number of benzene rings is 1. The lowest BCUT2D eigenvalue weighted by molar-refractivity contribution is -0.391. The van der Waals surface area contributed by atoms with Crippen LogP contribution in [0.2, 0.25) is 5.02 Å². The first-order valence-corrected chi connectivity index (χ1v) is 7.11. The molecule has 0 saturated carbocycles. The number of ketones is 1. The molecule has 3 rings (SSSR count). The van der Waals surface area contributed by atoms with Crippen molar-refractivity contribution in [3.8, 4) is 0 Å². The molecule has 1 aromatic heterocycles. The lowest BCUT2D eigenvalue weighted by atomic mass is 9.99. The van der Waals surface area contributed by atoms with Crippen molar-refractivity contribution >= 4 is 29.3 Å². The van der Waals surface area contributed by atoms with Crippen molar-refractivity contribution in [3.63, 3.8) is 0 Å². The smallest absolute Gasteiger partial charge is 0.342 e. The van der Waals surface area contributed by atoms with Gasteiger partial charge in [-0.05, 0) is 17.1 Å². The molecule has 1 atom stereocenters. The summed E-state index contributed by atoms with van der Waals surface area (Å²) in [7, 11) is 1.47. The van der Waals surface area contributed by atoms with E-state index in [1.807, 2.05) is 0 Å². The quantitative estimate of drug-likeness (QED) is 0.478. The van der Waals surface area contributed by atoms with E-state index in [1.165, 1.54) is 29.8 Å². The third-order valence-corrected chi connectivity index (χ3v) is 4.32. The maximum atomic E-state index is 14.0. The van der Waals surface area contributed by atoms with Gasteiger partial charge in [0.05, 0.1) is 12.1 Å². The summed E-state index contributed by atoms with van der Waals surface area (Å²) in [6, 6.07) is 2.56. The van der Waals surface area contributed by atoms with Gasteiger partial charge >= 0.3 is 5.82 Å². The average Bonchev–Trinajstić information content (AvgIpc) is 2.97. The van der Waals surface area contributed by atoms with Crippen LogP contribution in [0.25, 0.3) is 6.08 Å². The molecule has 1 aliphatic rings. The summed E-state index contributed by atoms with van der Waals surface area (Å²) in [5, 5.41) is 11.0. The summed E-state index contributed by atoms with van der Waals surface area (Å²) in [6.45, 7) is 1.69. The van der Waals surface area contributed by atoms with E-state index < -0.39 is 16.7 Å². The molecule has 0 saturated heterocycles. The molecule has 0 fully saturated rings. The second kappa shape index (κ2) is 5.27. The third kappa shape index (κ3) is 2.24. The predicted octanol–water partition coefficient (Wildman–Crippen LogP) is 3.50. The van der Waals surface area contributed by atoms with Crippen molar-refractivity contribution in [2.24, 2.45) is 7.05 Å². The second-order valence-corrected chi connectivity index (χ2v) is 5.67. The lowest BCUT2D eigenvalue weighted by Gasteiger charge is -2.06. The van der Waals surface area contributed by atoms with Gasteiger partial charge in [0.2, 0.25) is 5.82 Å². The molecule has 0 amide bonds. The summed E-state index contributed by atoms with van der Waals surface area (Å²) < 4.78 is 15.3. The highest BCUT2D eigenvalue weighted by Crippen LogP contribution is 2.42. The Morgan fingerprint density at radius 1 is 1.48 bits per heavy atom. The maximum Gasteiger partial charge on any atom is 0.342 e. The minimum absolute atomic E-state index is 0.147. The highest BCUT2D eigenvalue weighted by Gasteiger charge is 2.36. The Kier molecular flexibility index (Phi) is 3.52. The largest absolute Gasteiger partial charge is 0.358 e. The van der Waals surface area contributed by atoms with Gasteiger partial charge in [-0.2, -0.15) is 0 Å². The van der Waals surface area contributed by atoms with Gasteiger partial charge in [-0.15, -0.1) is 0 Å². The van der Waals surface area contributed by atoms with Gasteiger partial charge in [0.15, 0.2) is 5.78 Å². The number of imidazole rings is 1. The molecule has 0 aliphatic heterocycles. The topological polar surface area (TPSA) is 78.0 Å². The minimum atomic E-state index is -0.569. The first kappa shape index (κ1) is 15.4. The van der Waals surface area contributed by atoms with Crippen LogP contribution in [0, 0.1) is 15.9 Å². The maximum absolute atomic E-state index is 14.0. The molecule has 1 aliphatic carbocycles. The number of halogens is 2. The predicted molar refractivity (Wildman–Crippen MR) is 82.0 cm³/mol. The van der Waals surface area contributed by atoms with Crippen molar-refractivity contribution < 1.29 is 14.1 Å². The zero-order valence-electron chi connectivity index (χ0n) is 12.2. The fraction of sp³-hybridized carbons (Fsp3) is 0.200. The number of aromatic nitrogens is 2. The molecule has 0 N–H and O–H groups in total. The molecule has 6 nitrogen and oxygen atoms in total. The molecule has 1 heterocycles. The number of rotatable bonds is 2. The van der Waals surface area contributed by atoms with Crippen molar-refractivity contribution in [2.45, 2.75) is 12.8 Å². The van der Waals surface area contributed by atoms with Crippen LogP contribution < -0.4 is 0 Å². The van der Waals surface area contributed by atoms with Crippen molar-refractivity contribution in [3.05, 3.63) is 61.8 Å². The Hall–Kier alpha value is -2.54. The summed E-state index contributed by atoms with van der Waals surface area (Å²) in [4.78, 5) is 26.8. The molecule has 1 aromatic carbocycles. The number of carbonyl (C=O) groups is 1. The number of hydrogen-bond acceptors (Lipinski definition) is 4. The van der Waals surface area contributed by atoms with Crippen molar-refractivity contribution in [2.75, 3.05) is 0 Å². The van der Waals surface area contributed by atoms with E-state index in [0.29, 0.717) is 5.57 Å². The summed E-state index contributed by atoms with van der Waals surface area (Å²) >= 11 is 6.02. The first-order chi connectivity index (χ1) is 10.8. The van der Waals surface area contributed by atoms with Gasteiger partial charge in [-0.3, -0.25) is 4.79 Å². The Balaban J connectivity index is 2.13. The number of Topliss-reactive ketones (excluding diaryl/α,β-unsaturated/α-hetero) is 1. The van der Waals surface area contributed by atoms with Crippen LogP contribution in [0.3, 0.4) is 0 Å². The average molecular weight is 336 g/mol. The summed E-state index contributed by atoms with van der Waals surface area (Å²) in [5.74, 6) is -1.35. The van der Waals surface area contributed by atoms with Crippen LogP contribution in [0.4, 0.5) is 10.2 Å². The molecule has 0 bridgehead atoms. The normalized spacial score (nSPS) is 18.5. The van der Waals surface area contributed by atoms with E-state index in [0.717, 1.165) is 6.20 Å². The number of nitro groups is 1. The van der Waals surface area contributed by atoms with E-state index in [9.17, 15) is 19.3 Å². The molecular formula is C15H11ClFN3O3. The second-order valence-electron chi connectivity index (χ2n) is 5.26. The molecule has 23 heavy (non-hydrogen) atoms. The SMILES string of the molecule is CC1C(=Cc2ncc([N+](=O)[O-])n2C)C(=O)c2c(Cl)ccc(F)c21. The van der Waals surface area contributed by atoms with Crippen LogP contribution in [-0.4, -0.2) is 20.3 Å². The van der Waals surface area contributed by atoms with Gasteiger partial charge in [0.25, 0.3) is 0 Å². The van der Waals surface area contributed by atoms with Crippen LogP contribution >= 0.6 is 11.6 Å². The van der Waals surface area contributed by atoms with E-state index in [-0.39, 0.29) is 33.6 Å². The molecule has 118 valence electrons. The number of allylic oxidation sites excluding steroid dienone is 1. The minimum Gasteiger partial charge on any atom is -0.358 e. The van der Waals surface area contributed by atoms with Crippen LogP contribution in [-0.2, 0) is 7.05 Å². The lowest BCUT2D eigenvalue weighted by Crippen LogP contribution is -2.02. The van der Waals surface area contributed by atoms with E-state index in [2.05, 4.69) is 4.98 Å². The third-order valence-electron chi connectivity index (χ3n) is 4.00. The molecular weight excluding hydrogens is 325 g/mol. The van der Waals surface area contributed by atoms with Gasteiger partial charge in [0.1, 0.15) is 12.0 Å². The molecule has 1 unspecified atom stereocenters. The molecule has 8 heteroatoms. The molecule has 0 spiro atoms. The Bertz CT molecular complexity index is 888. The van der Waals surface area contributed by atoms with Crippen LogP contribution in [0.15, 0.2) is 23.9 Å². The van der Waals surface area contributed by atoms with Gasteiger partial charge in [0, 0.05) is 28.7 Å². The number of hydrogen-bond donors (Lipinski definition) is 0. The highest BCUT2D eigenvalue weighted by atomic mass is 35.5. The van der Waals surface area contributed by atoms with Gasteiger partial charge in [-0.25, -0.2) is 13.9 Å². The molecule has 0 radical (unpaired) electrons. The fourth-order valence-corrected chi connectivity index (χ4v) is 3.02.